The van der Waals surface area contributed by atoms with Crippen LogP contribution in [0.1, 0.15) is 25.0 Å². The number of amides is 1. The Kier molecular flexibility index (Phi) is 5.53. The first-order valence-corrected chi connectivity index (χ1v) is 10.2. The zero-order valence-corrected chi connectivity index (χ0v) is 16.5. The van der Waals surface area contributed by atoms with Gasteiger partial charge < -0.3 is 13.8 Å². The Bertz CT molecular complexity index is 937. The fourth-order valence-electron chi connectivity index (χ4n) is 3.35. The molecule has 6 nitrogen and oxygen atoms in total. The summed E-state index contributed by atoms with van der Waals surface area (Å²) < 4.78 is 35.6. The minimum absolute atomic E-state index is 0.0102. The summed E-state index contributed by atoms with van der Waals surface area (Å²) in [6, 6.07) is 11.7. The summed E-state index contributed by atoms with van der Waals surface area (Å²) >= 11 is 0. The topological polar surface area (TPSA) is 72.9 Å². The summed E-state index contributed by atoms with van der Waals surface area (Å²) in [5, 5.41) is 0. The molecule has 0 N–H and O–H groups in total. The van der Waals surface area contributed by atoms with Gasteiger partial charge >= 0.3 is 10.1 Å². The van der Waals surface area contributed by atoms with Crippen LogP contribution in [0.25, 0.3) is 0 Å². The van der Waals surface area contributed by atoms with E-state index in [1.54, 1.807) is 36.3 Å². The normalized spacial score (nSPS) is 16.3. The number of hydrogen-bond donors (Lipinski definition) is 0. The molecule has 1 aliphatic rings. The fraction of sp³-hybridized carbons (Fsp3) is 0.350. The van der Waals surface area contributed by atoms with Crippen molar-refractivity contribution >= 4 is 21.7 Å². The van der Waals surface area contributed by atoms with Crippen LogP contribution < -0.4 is 9.08 Å². The van der Waals surface area contributed by atoms with Gasteiger partial charge in [0, 0.05) is 25.8 Å². The second-order valence-electron chi connectivity index (χ2n) is 6.66. The van der Waals surface area contributed by atoms with Gasteiger partial charge in [-0.05, 0) is 61.2 Å². The molecule has 1 amide bonds. The van der Waals surface area contributed by atoms with Gasteiger partial charge in [0.2, 0.25) is 5.91 Å². The number of fused-ring (bicyclic) bond motifs is 1. The minimum Gasteiger partial charge on any atom is -0.384 e. The standard InChI is InChI=1S/C20H23NO5S/c1-14-12-17-13-19(8-9-20(17)21(14)15(2)22)27(23,24)26-18-6-4-16(5-7-18)10-11-25-3/h4-9,13-14H,10-12H2,1-3H3/t14-/m1/s1. The Morgan fingerprint density at radius 3 is 2.52 bits per heavy atom. The first-order valence-electron chi connectivity index (χ1n) is 8.77. The Hall–Kier alpha value is -2.38. The molecular weight excluding hydrogens is 366 g/mol. The molecule has 144 valence electrons. The molecule has 1 aliphatic heterocycles. The third kappa shape index (κ3) is 4.14. The molecule has 1 heterocycles. The van der Waals surface area contributed by atoms with Crippen LogP contribution in [0.4, 0.5) is 5.69 Å². The van der Waals surface area contributed by atoms with Crippen molar-refractivity contribution in [2.24, 2.45) is 0 Å². The maximum atomic E-state index is 12.6. The number of benzene rings is 2. The maximum absolute atomic E-state index is 12.6. The predicted molar refractivity (Wildman–Crippen MR) is 103 cm³/mol. The molecule has 0 fully saturated rings. The van der Waals surface area contributed by atoms with E-state index in [0.29, 0.717) is 13.0 Å². The van der Waals surface area contributed by atoms with E-state index in [2.05, 4.69) is 0 Å². The van der Waals surface area contributed by atoms with Gasteiger partial charge in [-0.1, -0.05) is 12.1 Å². The van der Waals surface area contributed by atoms with E-state index >= 15 is 0 Å². The van der Waals surface area contributed by atoms with Crippen molar-refractivity contribution in [1.29, 1.82) is 0 Å². The number of carbonyl (C=O) groups is 1. The average molecular weight is 389 g/mol. The monoisotopic (exact) mass is 389 g/mol. The number of nitrogens with zero attached hydrogens (tertiary/aromatic N) is 1. The molecule has 1 atom stereocenters. The van der Waals surface area contributed by atoms with Crippen molar-refractivity contribution in [3.8, 4) is 5.75 Å². The van der Waals surface area contributed by atoms with Crippen molar-refractivity contribution in [1.82, 2.24) is 0 Å². The van der Waals surface area contributed by atoms with Crippen molar-refractivity contribution < 1.29 is 22.1 Å². The van der Waals surface area contributed by atoms with Gasteiger partial charge in [-0.25, -0.2) is 0 Å². The van der Waals surface area contributed by atoms with E-state index < -0.39 is 10.1 Å². The van der Waals surface area contributed by atoms with Gasteiger partial charge in [-0.3, -0.25) is 4.79 Å². The van der Waals surface area contributed by atoms with Crippen molar-refractivity contribution in [2.75, 3.05) is 18.6 Å². The second-order valence-corrected chi connectivity index (χ2v) is 8.20. The van der Waals surface area contributed by atoms with E-state index in [0.717, 1.165) is 23.2 Å². The molecule has 3 rings (SSSR count). The zero-order chi connectivity index (χ0) is 19.6. The Morgan fingerprint density at radius 1 is 1.19 bits per heavy atom. The van der Waals surface area contributed by atoms with Crippen LogP contribution in [0.3, 0.4) is 0 Å². The van der Waals surface area contributed by atoms with Crippen LogP contribution >= 0.6 is 0 Å². The first kappa shape index (κ1) is 19.4. The van der Waals surface area contributed by atoms with E-state index in [9.17, 15) is 13.2 Å². The number of hydrogen-bond acceptors (Lipinski definition) is 5. The number of carbonyl (C=O) groups excluding carboxylic acids is 1. The number of methoxy groups -OCH3 is 1. The highest BCUT2D eigenvalue weighted by molar-refractivity contribution is 7.87. The average Bonchev–Trinajstić information content (AvgIpc) is 2.96. The molecule has 0 unspecified atom stereocenters. The summed E-state index contributed by atoms with van der Waals surface area (Å²) in [6.45, 7) is 4.05. The summed E-state index contributed by atoms with van der Waals surface area (Å²) in [4.78, 5) is 13.6. The van der Waals surface area contributed by atoms with E-state index in [4.69, 9.17) is 8.92 Å². The molecule has 0 saturated heterocycles. The van der Waals surface area contributed by atoms with Gasteiger partial charge in [-0.15, -0.1) is 0 Å². The quantitative estimate of drug-likeness (QED) is 0.710. The third-order valence-electron chi connectivity index (χ3n) is 4.62. The molecule has 0 bridgehead atoms. The summed E-state index contributed by atoms with van der Waals surface area (Å²) in [5.41, 5.74) is 2.63. The molecule has 0 aliphatic carbocycles. The Balaban J connectivity index is 1.80. The van der Waals surface area contributed by atoms with Gasteiger partial charge in [0.25, 0.3) is 0 Å². The van der Waals surface area contributed by atoms with Gasteiger partial charge in [-0.2, -0.15) is 8.42 Å². The van der Waals surface area contributed by atoms with Crippen LogP contribution in [0, 0.1) is 0 Å². The molecule has 7 heteroatoms. The Labute approximate surface area is 159 Å². The van der Waals surface area contributed by atoms with Gasteiger partial charge in [0.05, 0.1) is 6.61 Å². The van der Waals surface area contributed by atoms with Crippen LogP contribution in [-0.4, -0.2) is 34.1 Å². The van der Waals surface area contributed by atoms with E-state index in [1.807, 2.05) is 19.1 Å². The first-order chi connectivity index (χ1) is 12.8. The second kappa shape index (κ2) is 7.70. The number of rotatable bonds is 6. The molecule has 0 aromatic heterocycles. The Morgan fingerprint density at radius 2 is 1.89 bits per heavy atom. The maximum Gasteiger partial charge on any atom is 0.339 e. The number of ether oxygens (including phenoxy) is 1. The van der Waals surface area contributed by atoms with Crippen molar-refractivity contribution in [3.63, 3.8) is 0 Å². The van der Waals surface area contributed by atoms with Crippen LogP contribution in [0.2, 0.25) is 0 Å². The molecule has 27 heavy (non-hydrogen) atoms. The molecule has 2 aromatic rings. The third-order valence-corrected chi connectivity index (χ3v) is 5.86. The lowest BCUT2D eigenvalue weighted by molar-refractivity contribution is -0.116. The number of anilines is 1. The summed E-state index contributed by atoms with van der Waals surface area (Å²) in [7, 11) is -2.31. The predicted octanol–water partition coefficient (Wildman–Crippen LogP) is 2.94. The molecular formula is C20H23NO5S. The highest BCUT2D eigenvalue weighted by Gasteiger charge is 2.30. The molecule has 2 aromatic carbocycles. The fourth-order valence-corrected chi connectivity index (χ4v) is 4.33. The van der Waals surface area contributed by atoms with E-state index in [1.165, 1.54) is 13.0 Å². The SMILES string of the molecule is COCCc1ccc(OS(=O)(=O)c2ccc3c(c2)C[C@@H](C)N3C(C)=O)cc1. The smallest absolute Gasteiger partial charge is 0.339 e. The highest BCUT2D eigenvalue weighted by atomic mass is 32.2. The lowest BCUT2D eigenvalue weighted by Gasteiger charge is -2.20. The van der Waals surface area contributed by atoms with Crippen LogP contribution in [0.15, 0.2) is 47.4 Å². The lowest BCUT2D eigenvalue weighted by Crippen LogP contribution is -2.33. The molecule has 0 radical (unpaired) electrons. The van der Waals surface area contributed by atoms with Crippen molar-refractivity contribution in [3.05, 3.63) is 53.6 Å². The highest BCUT2D eigenvalue weighted by Crippen LogP contribution is 2.34. The van der Waals surface area contributed by atoms with Crippen molar-refractivity contribution in [2.45, 2.75) is 37.6 Å². The molecule has 0 saturated carbocycles. The minimum atomic E-state index is -3.95. The van der Waals surface area contributed by atoms with Gasteiger partial charge in [0.15, 0.2) is 0 Å². The summed E-state index contributed by atoms with van der Waals surface area (Å²) in [5.74, 6) is 0.206. The molecule has 0 spiro atoms. The van der Waals surface area contributed by atoms with Gasteiger partial charge in [0.1, 0.15) is 10.6 Å². The summed E-state index contributed by atoms with van der Waals surface area (Å²) in [6.07, 6.45) is 1.37. The lowest BCUT2D eigenvalue weighted by atomic mass is 10.1. The largest absolute Gasteiger partial charge is 0.384 e. The van der Waals surface area contributed by atoms with E-state index in [-0.39, 0.29) is 22.6 Å². The zero-order valence-electron chi connectivity index (χ0n) is 15.6. The van der Waals surface area contributed by atoms with Crippen LogP contribution in [-0.2, 0) is 32.5 Å². The van der Waals surface area contributed by atoms with Crippen LogP contribution in [0.5, 0.6) is 5.75 Å².